The van der Waals surface area contributed by atoms with Crippen LogP contribution in [0.15, 0.2) is 12.1 Å². The van der Waals surface area contributed by atoms with Gasteiger partial charge in [-0.3, -0.25) is 14.9 Å². The van der Waals surface area contributed by atoms with Gasteiger partial charge in [0.2, 0.25) is 5.91 Å². The monoisotopic (exact) mass is 289 g/mol. The lowest BCUT2D eigenvalue weighted by atomic mass is 9.88. The van der Waals surface area contributed by atoms with Crippen LogP contribution in [0, 0.1) is 29.9 Å². The average molecular weight is 289 g/mol. The van der Waals surface area contributed by atoms with Crippen LogP contribution in [-0.4, -0.2) is 22.9 Å². The van der Waals surface area contributed by atoms with Crippen LogP contribution in [0.1, 0.15) is 30.4 Å². The zero-order valence-corrected chi connectivity index (χ0v) is 12.2. The van der Waals surface area contributed by atoms with Gasteiger partial charge < -0.3 is 10.6 Å². The summed E-state index contributed by atoms with van der Waals surface area (Å²) in [6, 6.07) is 3.86. The second-order valence-corrected chi connectivity index (χ2v) is 6.09. The van der Waals surface area contributed by atoms with Gasteiger partial charge in [0.15, 0.2) is 0 Å². The summed E-state index contributed by atoms with van der Waals surface area (Å²) in [5.74, 6) is -0.189. The molecule has 0 aromatic heterocycles. The van der Waals surface area contributed by atoms with Crippen LogP contribution in [0.4, 0.5) is 11.4 Å². The molecule has 2 fully saturated rings. The van der Waals surface area contributed by atoms with Gasteiger partial charge in [-0.15, -0.1) is 0 Å². The first-order valence-corrected chi connectivity index (χ1v) is 7.28. The minimum atomic E-state index is -0.443. The van der Waals surface area contributed by atoms with Crippen molar-refractivity contribution in [3.63, 3.8) is 0 Å². The molecule has 3 atom stereocenters. The summed E-state index contributed by atoms with van der Waals surface area (Å²) in [5.41, 5.74) is 2.04. The molecule has 112 valence electrons. The van der Waals surface area contributed by atoms with Gasteiger partial charge in [0, 0.05) is 18.2 Å². The van der Waals surface area contributed by atoms with Gasteiger partial charge in [-0.05, 0) is 50.3 Å². The predicted octanol–water partition coefficient (Wildman–Crippen LogP) is 2.29. The number of hydrogen-bond donors (Lipinski definition) is 2. The van der Waals surface area contributed by atoms with Gasteiger partial charge in [-0.25, -0.2) is 0 Å². The Labute approximate surface area is 123 Å². The van der Waals surface area contributed by atoms with E-state index in [0.29, 0.717) is 11.7 Å². The zero-order chi connectivity index (χ0) is 15.1. The highest BCUT2D eigenvalue weighted by Gasteiger charge is 2.43. The highest BCUT2D eigenvalue weighted by molar-refractivity contribution is 5.95. The van der Waals surface area contributed by atoms with Crippen molar-refractivity contribution in [2.75, 3.05) is 5.32 Å². The minimum absolute atomic E-state index is 0.0393. The molecule has 2 aliphatic rings. The fourth-order valence-electron chi connectivity index (χ4n) is 3.39. The molecule has 1 aromatic rings. The molecule has 0 aliphatic carbocycles. The van der Waals surface area contributed by atoms with Crippen LogP contribution in [0.25, 0.3) is 0 Å². The maximum absolute atomic E-state index is 12.4. The number of rotatable bonds is 3. The number of carbonyl (C=O) groups is 1. The van der Waals surface area contributed by atoms with E-state index in [1.54, 1.807) is 6.07 Å². The van der Waals surface area contributed by atoms with Gasteiger partial charge in [0.1, 0.15) is 5.69 Å². The quantitative estimate of drug-likeness (QED) is 0.660. The van der Waals surface area contributed by atoms with Gasteiger partial charge in [0.05, 0.1) is 10.8 Å². The third-order valence-electron chi connectivity index (χ3n) is 4.70. The topological polar surface area (TPSA) is 84.3 Å². The lowest BCUT2D eigenvalue weighted by Crippen LogP contribution is -2.33. The fraction of sp³-hybridized carbons (Fsp3) is 0.533. The number of anilines is 1. The van der Waals surface area contributed by atoms with Crippen molar-refractivity contribution < 1.29 is 9.72 Å². The fourth-order valence-corrected chi connectivity index (χ4v) is 3.39. The molecule has 1 amide bonds. The first-order valence-electron chi connectivity index (χ1n) is 7.28. The number of hydrogen-bond acceptors (Lipinski definition) is 4. The third-order valence-corrected chi connectivity index (χ3v) is 4.70. The molecular formula is C15H19N3O3. The second-order valence-electron chi connectivity index (χ2n) is 6.09. The van der Waals surface area contributed by atoms with Crippen molar-refractivity contribution in [1.29, 1.82) is 0 Å². The van der Waals surface area contributed by atoms with E-state index in [-0.39, 0.29) is 23.6 Å². The largest absolute Gasteiger partial charge is 0.320 e. The molecule has 6 heteroatoms. The SMILES string of the molecule is Cc1cc(NC(=O)C2CC3CCC2N3)c([N+](=O)[O-])cc1C. The van der Waals surface area contributed by atoms with Crippen LogP contribution in [0.3, 0.4) is 0 Å². The number of aryl methyl sites for hydroxylation is 2. The van der Waals surface area contributed by atoms with E-state index in [0.717, 1.165) is 30.4 Å². The molecule has 2 bridgehead atoms. The summed E-state index contributed by atoms with van der Waals surface area (Å²) in [6.07, 6.45) is 2.96. The molecule has 0 radical (unpaired) electrons. The Kier molecular flexibility index (Phi) is 3.41. The van der Waals surface area contributed by atoms with Gasteiger partial charge in [0.25, 0.3) is 5.69 Å². The lowest BCUT2D eigenvalue weighted by Gasteiger charge is -2.19. The summed E-state index contributed by atoms with van der Waals surface area (Å²) in [4.78, 5) is 23.1. The van der Waals surface area contributed by atoms with Gasteiger partial charge in [-0.1, -0.05) is 0 Å². The summed E-state index contributed by atoms with van der Waals surface area (Å²) < 4.78 is 0. The molecule has 2 heterocycles. The highest BCUT2D eigenvalue weighted by atomic mass is 16.6. The molecule has 2 aliphatic heterocycles. The Morgan fingerprint density at radius 2 is 2.05 bits per heavy atom. The van der Waals surface area contributed by atoms with Crippen molar-refractivity contribution >= 4 is 17.3 Å². The van der Waals surface area contributed by atoms with E-state index in [1.165, 1.54) is 6.07 Å². The molecule has 6 nitrogen and oxygen atoms in total. The summed E-state index contributed by atoms with van der Waals surface area (Å²) >= 11 is 0. The van der Waals surface area contributed by atoms with Crippen LogP contribution in [-0.2, 0) is 4.79 Å². The van der Waals surface area contributed by atoms with E-state index < -0.39 is 4.92 Å². The molecule has 2 N–H and O–H groups in total. The summed E-state index contributed by atoms with van der Waals surface area (Å²) in [7, 11) is 0. The normalized spacial score (nSPS) is 26.9. The number of nitro benzene ring substituents is 1. The van der Waals surface area contributed by atoms with Crippen molar-refractivity contribution in [3.05, 3.63) is 33.4 Å². The Hall–Kier alpha value is -1.95. The van der Waals surface area contributed by atoms with Crippen LogP contribution in [0.5, 0.6) is 0 Å². The Bertz CT molecular complexity index is 614. The molecule has 0 saturated carbocycles. The number of nitro groups is 1. The molecule has 3 unspecified atom stereocenters. The second kappa shape index (κ2) is 5.11. The molecule has 21 heavy (non-hydrogen) atoms. The van der Waals surface area contributed by atoms with E-state index in [1.807, 2.05) is 13.8 Å². The van der Waals surface area contributed by atoms with E-state index in [9.17, 15) is 14.9 Å². The number of amides is 1. The number of carbonyl (C=O) groups excluding carboxylic acids is 1. The van der Waals surface area contributed by atoms with Crippen molar-refractivity contribution in [3.8, 4) is 0 Å². The maximum atomic E-state index is 12.4. The standard InChI is InChI=1S/C15H19N3O3/c1-8-5-13(14(18(20)21)6-9(8)2)17-15(19)11-7-10-3-4-12(11)16-10/h5-6,10-12,16H,3-4,7H2,1-2H3,(H,17,19). The predicted molar refractivity (Wildman–Crippen MR) is 79.3 cm³/mol. The Morgan fingerprint density at radius 1 is 1.33 bits per heavy atom. The van der Waals surface area contributed by atoms with Crippen molar-refractivity contribution in [2.24, 2.45) is 5.92 Å². The summed E-state index contributed by atoms with van der Waals surface area (Å²) in [6.45, 7) is 3.71. The van der Waals surface area contributed by atoms with Crippen LogP contribution in [0.2, 0.25) is 0 Å². The Morgan fingerprint density at radius 3 is 2.62 bits per heavy atom. The lowest BCUT2D eigenvalue weighted by molar-refractivity contribution is -0.384. The van der Waals surface area contributed by atoms with Gasteiger partial charge in [-0.2, -0.15) is 0 Å². The molecule has 3 rings (SSSR count). The zero-order valence-electron chi connectivity index (χ0n) is 12.2. The number of benzene rings is 1. The van der Waals surface area contributed by atoms with Crippen LogP contribution >= 0.6 is 0 Å². The number of fused-ring (bicyclic) bond motifs is 2. The number of nitrogens with one attached hydrogen (secondary N) is 2. The Balaban J connectivity index is 1.82. The van der Waals surface area contributed by atoms with E-state index in [2.05, 4.69) is 10.6 Å². The third kappa shape index (κ3) is 2.51. The summed E-state index contributed by atoms with van der Waals surface area (Å²) in [5, 5.41) is 17.3. The molecular weight excluding hydrogens is 270 g/mol. The van der Waals surface area contributed by atoms with Crippen molar-refractivity contribution in [2.45, 2.75) is 45.2 Å². The number of nitrogens with zero attached hydrogens (tertiary/aromatic N) is 1. The van der Waals surface area contributed by atoms with E-state index in [4.69, 9.17) is 0 Å². The van der Waals surface area contributed by atoms with Crippen LogP contribution < -0.4 is 10.6 Å². The first kappa shape index (κ1) is 14.0. The molecule has 1 aromatic carbocycles. The minimum Gasteiger partial charge on any atom is -0.320 e. The molecule has 0 spiro atoms. The van der Waals surface area contributed by atoms with Gasteiger partial charge >= 0.3 is 0 Å². The highest BCUT2D eigenvalue weighted by Crippen LogP contribution is 2.35. The average Bonchev–Trinajstić information content (AvgIpc) is 3.04. The van der Waals surface area contributed by atoms with E-state index >= 15 is 0 Å². The molecule has 2 saturated heterocycles. The smallest absolute Gasteiger partial charge is 0.293 e. The maximum Gasteiger partial charge on any atom is 0.293 e. The first-order chi connectivity index (χ1) is 9.95. The van der Waals surface area contributed by atoms with Crippen molar-refractivity contribution in [1.82, 2.24) is 5.32 Å².